The highest BCUT2D eigenvalue weighted by atomic mass is 79.9. The number of hydrogen-bond donors (Lipinski definition) is 2. The Labute approximate surface area is 85.9 Å². The molecule has 0 aliphatic carbocycles. The standard InChI is InChI=1S/C5H5BrN6S/c6-3-2-13-5(8-3)7-1-4-9-11-12-10-4/h2H,1H2,(H,7,8)(H,9,10,11,12). The van der Waals surface area contributed by atoms with E-state index >= 15 is 0 Å². The summed E-state index contributed by atoms with van der Waals surface area (Å²) in [5, 5.41) is 19.2. The van der Waals surface area contributed by atoms with Crippen molar-refractivity contribution in [3.8, 4) is 0 Å². The smallest absolute Gasteiger partial charge is 0.193 e. The maximum absolute atomic E-state index is 4.15. The van der Waals surface area contributed by atoms with Gasteiger partial charge >= 0.3 is 0 Å². The first-order valence-electron chi connectivity index (χ1n) is 3.42. The summed E-state index contributed by atoms with van der Waals surface area (Å²) in [6, 6.07) is 0. The molecule has 2 N–H and O–H groups in total. The predicted octanol–water partition coefficient (Wildman–Crippen LogP) is 1.03. The number of thiazole rings is 1. The summed E-state index contributed by atoms with van der Waals surface area (Å²) in [4.78, 5) is 4.15. The molecule has 0 spiro atoms. The van der Waals surface area contributed by atoms with E-state index in [0.717, 1.165) is 9.73 Å². The van der Waals surface area contributed by atoms with E-state index in [1.165, 1.54) is 11.3 Å². The minimum Gasteiger partial charge on any atom is -0.354 e. The molecule has 0 saturated heterocycles. The van der Waals surface area contributed by atoms with Gasteiger partial charge in [0.1, 0.15) is 4.60 Å². The fourth-order valence-corrected chi connectivity index (χ4v) is 1.89. The Hall–Kier alpha value is -1.02. The molecule has 0 fully saturated rings. The van der Waals surface area contributed by atoms with Gasteiger partial charge in [-0.15, -0.1) is 21.5 Å². The van der Waals surface area contributed by atoms with Crippen LogP contribution in [-0.2, 0) is 6.54 Å². The quantitative estimate of drug-likeness (QED) is 0.862. The summed E-state index contributed by atoms with van der Waals surface area (Å²) in [5.74, 6) is 0.617. The Balaban J connectivity index is 1.93. The molecule has 0 bridgehead atoms. The summed E-state index contributed by atoms with van der Waals surface area (Å²) < 4.78 is 0.827. The summed E-state index contributed by atoms with van der Waals surface area (Å²) in [6.45, 7) is 0.524. The van der Waals surface area contributed by atoms with Crippen LogP contribution in [0.5, 0.6) is 0 Å². The molecule has 0 amide bonds. The molecule has 2 heterocycles. The Morgan fingerprint density at radius 1 is 1.62 bits per heavy atom. The van der Waals surface area contributed by atoms with Gasteiger partial charge in [0.2, 0.25) is 0 Å². The third kappa shape index (κ3) is 2.22. The second-order valence-corrected chi connectivity index (χ2v) is 3.83. The lowest BCUT2D eigenvalue weighted by atomic mass is 10.6. The molecule has 0 aromatic carbocycles. The number of rotatable bonds is 3. The Morgan fingerprint density at radius 3 is 3.15 bits per heavy atom. The molecule has 0 unspecified atom stereocenters. The van der Waals surface area contributed by atoms with Gasteiger partial charge in [0, 0.05) is 5.38 Å². The molecule has 0 saturated carbocycles. The second kappa shape index (κ2) is 3.79. The molecule has 13 heavy (non-hydrogen) atoms. The first kappa shape index (κ1) is 8.57. The largest absolute Gasteiger partial charge is 0.354 e. The lowest BCUT2D eigenvalue weighted by Gasteiger charge is -1.95. The number of hydrogen-bond acceptors (Lipinski definition) is 6. The summed E-state index contributed by atoms with van der Waals surface area (Å²) >= 11 is 4.78. The number of tetrazole rings is 1. The van der Waals surface area contributed by atoms with Gasteiger partial charge in [0.15, 0.2) is 11.0 Å². The summed E-state index contributed by atoms with van der Waals surface area (Å²) in [7, 11) is 0. The molecule has 0 aliphatic rings. The van der Waals surface area contributed by atoms with Crippen molar-refractivity contribution >= 4 is 32.4 Å². The highest BCUT2D eigenvalue weighted by molar-refractivity contribution is 9.10. The van der Waals surface area contributed by atoms with Crippen molar-refractivity contribution in [2.45, 2.75) is 6.54 Å². The van der Waals surface area contributed by atoms with E-state index in [-0.39, 0.29) is 0 Å². The van der Waals surface area contributed by atoms with Gasteiger partial charge < -0.3 is 5.32 Å². The van der Waals surface area contributed by atoms with E-state index in [4.69, 9.17) is 0 Å². The average molecular weight is 261 g/mol. The van der Waals surface area contributed by atoms with Gasteiger partial charge in [0.25, 0.3) is 0 Å². The molecule has 2 aromatic rings. The van der Waals surface area contributed by atoms with E-state index < -0.39 is 0 Å². The predicted molar refractivity (Wildman–Crippen MR) is 51.3 cm³/mol. The van der Waals surface area contributed by atoms with Crippen molar-refractivity contribution in [3.05, 3.63) is 15.8 Å². The molecule has 6 nitrogen and oxygen atoms in total. The maximum atomic E-state index is 4.15. The number of anilines is 1. The van der Waals surface area contributed by atoms with E-state index in [1.807, 2.05) is 5.38 Å². The van der Waals surface area contributed by atoms with Crippen molar-refractivity contribution in [1.82, 2.24) is 25.6 Å². The zero-order chi connectivity index (χ0) is 9.10. The van der Waals surface area contributed by atoms with Crippen LogP contribution in [0, 0.1) is 0 Å². The number of aromatic nitrogens is 5. The van der Waals surface area contributed by atoms with Crippen LogP contribution in [0.2, 0.25) is 0 Å². The van der Waals surface area contributed by atoms with Crippen molar-refractivity contribution in [3.63, 3.8) is 0 Å². The number of H-pyrrole nitrogens is 1. The lowest BCUT2D eigenvalue weighted by molar-refractivity contribution is 0.881. The lowest BCUT2D eigenvalue weighted by Crippen LogP contribution is -2.00. The third-order valence-corrected chi connectivity index (χ3v) is 2.77. The van der Waals surface area contributed by atoms with Gasteiger partial charge in [-0.2, -0.15) is 5.21 Å². The molecule has 2 aromatic heterocycles. The van der Waals surface area contributed by atoms with Crippen LogP contribution in [-0.4, -0.2) is 25.6 Å². The Morgan fingerprint density at radius 2 is 2.54 bits per heavy atom. The average Bonchev–Trinajstić information content (AvgIpc) is 2.71. The van der Waals surface area contributed by atoms with E-state index in [2.05, 4.69) is 46.9 Å². The van der Waals surface area contributed by atoms with Crippen molar-refractivity contribution in [2.75, 3.05) is 5.32 Å². The SMILES string of the molecule is Brc1csc(NCc2nn[nH]n2)n1. The molecule has 0 atom stereocenters. The number of nitrogens with one attached hydrogen (secondary N) is 2. The first-order chi connectivity index (χ1) is 6.34. The summed E-state index contributed by atoms with van der Waals surface area (Å²) in [5.41, 5.74) is 0. The maximum Gasteiger partial charge on any atom is 0.193 e. The Bertz CT molecular complexity index is 370. The van der Waals surface area contributed by atoms with Crippen molar-refractivity contribution in [2.24, 2.45) is 0 Å². The van der Waals surface area contributed by atoms with Gasteiger partial charge in [-0.3, -0.25) is 0 Å². The van der Waals surface area contributed by atoms with Crippen LogP contribution in [0.15, 0.2) is 9.98 Å². The highest BCUT2D eigenvalue weighted by Crippen LogP contribution is 2.19. The Kier molecular flexibility index (Phi) is 2.50. The van der Waals surface area contributed by atoms with E-state index in [9.17, 15) is 0 Å². The van der Waals surface area contributed by atoms with Gasteiger partial charge in [-0.25, -0.2) is 4.98 Å². The van der Waals surface area contributed by atoms with Crippen LogP contribution in [0.4, 0.5) is 5.13 Å². The topological polar surface area (TPSA) is 79.4 Å². The van der Waals surface area contributed by atoms with Gasteiger partial charge in [-0.1, -0.05) is 5.21 Å². The van der Waals surface area contributed by atoms with Crippen LogP contribution in [0.1, 0.15) is 5.82 Å². The van der Waals surface area contributed by atoms with Crippen LogP contribution < -0.4 is 5.32 Å². The zero-order valence-corrected chi connectivity index (χ0v) is 8.76. The molecular formula is C5H5BrN6S. The van der Waals surface area contributed by atoms with Crippen LogP contribution in [0.25, 0.3) is 0 Å². The minimum absolute atomic E-state index is 0.524. The van der Waals surface area contributed by atoms with Crippen LogP contribution in [0.3, 0.4) is 0 Å². The van der Waals surface area contributed by atoms with E-state index in [1.54, 1.807) is 0 Å². The third-order valence-electron chi connectivity index (χ3n) is 1.26. The van der Waals surface area contributed by atoms with Crippen molar-refractivity contribution in [1.29, 1.82) is 0 Å². The van der Waals surface area contributed by atoms with Gasteiger partial charge in [0.05, 0.1) is 6.54 Å². The number of aromatic amines is 1. The fourth-order valence-electron chi connectivity index (χ4n) is 0.747. The van der Waals surface area contributed by atoms with E-state index in [0.29, 0.717) is 12.4 Å². The summed E-state index contributed by atoms with van der Waals surface area (Å²) in [6.07, 6.45) is 0. The monoisotopic (exact) mass is 260 g/mol. The van der Waals surface area contributed by atoms with Crippen LogP contribution >= 0.6 is 27.3 Å². The molecule has 2 rings (SSSR count). The normalized spacial score (nSPS) is 10.2. The first-order valence-corrected chi connectivity index (χ1v) is 5.09. The van der Waals surface area contributed by atoms with Crippen molar-refractivity contribution < 1.29 is 0 Å². The molecule has 0 aliphatic heterocycles. The molecule has 0 radical (unpaired) electrons. The highest BCUT2D eigenvalue weighted by Gasteiger charge is 2.00. The van der Waals surface area contributed by atoms with Gasteiger partial charge in [-0.05, 0) is 15.9 Å². The molecule has 8 heteroatoms. The fraction of sp³-hybridized carbons (Fsp3) is 0.200. The zero-order valence-electron chi connectivity index (χ0n) is 6.36. The number of nitrogens with zero attached hydrogens (tertiary/aromatic N) is 4. The second-order valence-electron chi connectivity index (χ2n) is 2.16. The number of halogens is 1. The minimum atomic E-state index is 0.524. The molecular weight excluding hydrogens is 256 g/mol. The molecule has 68 valence electrons.